The van der Waals surface area contributed by atoms with Gasteiger partial charge in [0.25, 0.3) is 0 Å². The molecule has 0 aliphatic rings. The molecule has 0 amide bonds. The number of nitrogens with two attached hydrogens (primary N) is 2. The fourth-order valence-electron chi connectivity index (χ4n) is 0.498. The zero-order chi connectivity index (χ0) is 12.9. The number of aromatic nitrogens is 2. The molecule has 0 aliphatic carbocycles. The Kier molecular flexibility index (Phi) is 19.8. The SMILES string of the molecule is CC.CC.CCC.Cc1[nH]c(N)nc1N. The maximum Gasteiger partial charge on any atom is 0.199 e. The van der Waals surface area contributed by atoms with E-state index in [0.717, 1.165) is 5.69 Å². The quantitative estimate of drug-likeness (QED) is 0.622. The summed E-state index contributed by atoms with van der Waals surface area (Å²) < 4.78 is 0. The van der Waals surface area contributed by atoms with Crippen LogP contribution in [-0.4, -0.2) is 9.97 Å². The molecule has 0 bridgehead atoms. The van der Waals surface area contributed by atoms with Crippen LogP contribution in [0.1, 0.15) is 53.7 Å². The largest absolute Gasteiger partial charge is 0.382 e. The molecule has 1 aromatic heterocycles. The van der Waals surface area contributed by atoms with Crippen molar-refractivity contribution in [3.8, 4) is 0 Å². The van der Waals surface area contributed by atoms with Crippen LogP contribution in [0.15, 0.2) is 0 Å². The van der Waals surface area contributed by atoms with Crippen LogP contribution in [0.2, 0.25) is 0 Å². The molecular formula is C11H28N4. The minimum absolute atomic E-state index is 0.375. The lowest BCUT2D eigenvalue weighted by Crippen LogP contribution is -1.87. The van der Waals surface area contributed by atoms with E-state index in [1.807, 2.05) is 34.6 Å². The van der Waals surface area contributed by atoms with Crippen molar-refractivity contribution in [1.29, 1.82) is 0 Å². The van der Waals surface area contributed by atoms with Gasteiger partial charge in [-0.25, -0.2) is 0 Å². The summed E-state index contributed by atoms with van der Waals surface area (Å²) in [6.07, 6.45) is 1.25. The predicted molar refractivity (Wildman–Crippen MR) is 70.8 cm³/mol. The van der Waals surface area contributed by atoms with E-state index in [-0.39, 0.29) is 0 Å². The molecule has 0 fully saturated rings. The maximum atomic E-state index is 5.32. The molecule has 0 aliphatic heterocycles. The van der Waals surface area contributed by atoms with Crippen molar-refractivity contribution in [3.63, 3.8) is 0 Å². The second-order valence-corrected chi connectivity index (χ2v) is 2.34. The predicted octanol–water partition coefficient (Wildman–Crippen LogP) is 3.35. The highest BCUT2D eigenvalue weighted by Crippen LogP contribution is 2.05. The number of imidazole rings is 1. The second kappa shape index (κ2) is 15.3. The molecule has 1 heterocycles. The number of nitrogens with zero attached hydrogens (tertiary/aromatic N) is 1. The Morgan fingerprint density at radius 3 is 1.47 bits per heavy atom. The summed E-state index contributed by atoms with van der Waals surface area (Å²) in [5.74, 6) is 0.850. The molecule has 5 N–H and O–H groups in total. The number of aryl methyl sites for hydroxylation is 1. The lowest BCUT2D eigenvalue weighted by atomic mass is 10.5. The van der Waals surface area contributed by atoms with Crippen molar-refractivity contribution in [2.24, 2.45) is 0 Å². The first-order chi connectivity index (χ1) is 7.11. The average Bonchev–Trinajstić information content (AvgIpc) is 2.52. The molecule has 0 saturated carbocycles. The van der Waals surface area contributed by atoms with Crippen molar-refractivity contribution in [2.75, 3.05) is 11.5 Å². The Hall–Kier alpha value is -1.19. The van der Waals surface area contributed by atoms with Gasteiger partial charge in [-0.15, -0.1) is 0 Å². The normalized spacial score (nSPS) is 7.13. The van der Waals surface area contributed by atoms with E-state index in [9.17, 15) is 0 Å². The second-order valence-electron chi connectivity index (χ2n) is 2.34. The number of aromatic amines is 1. The lowest BCUT2D eigenvalue weighted by molar-refractivity contribution is 1.09. The topological polar surface area (TPSA) is 80.7 Å². The first-order valence-electron chi connectivity index (χ1n) is 5.69. The van der Waals surface area contributed by atoms with Crippen LogP contribution in [0.4, 0.5) is 11.8 Å². The van der Waals surface area contributed by atoms with Crippen LogP contribution in [0.25, 0.3) is 0 Å². The van der Waals surface area contributed by atoms with E-state index in [4.69, 9.17) is 11.5 Å². The zero-order valence-electron chi connectivity index (χ0n) is 11.3. The Morgan fingerprint density at radius 1 is 1.07 bits per heavy atom. The molecule has 15 heavy (non-hydrogen) atoms. The third-order valence-corrected chi connectivity index (χ3v) is 0.941. The summed E-state index contributed by atoms with van der Waals surface area (Å²) in [4.78, 5) is 6.46. The van der Waals surface area contributed by atoms with Crippen LogP contribution in [-0.2, 0) is 0 Å². The molecule has 4 nitrogen and oxygen atoms in total. The molecule has 4 heteroatoms. The first-order valence-corrected chi connectivity index (χ1v) is 5.69. The standard InChI is InChI=1S/C4H8N4.C3H8.2C2H6/c1-2-3(5)8-4(6)7-2;1-3-2;2*1-2/h5H2,1H3,(H3,6,7,8);3H2,1-2H3;2*1-2H3. The Balaban J connectivity index is -0.000000176. The van der Waals surface area contributed by atoms with Crippen molar-refractivity contribution < 1.29 is 0 Å². The van der Waals surface area contributed by atoms with Gasteiger partial charge in [-0.1, -0.05) is 48.0 Å². The van der Waals surface area contributed by atoms with Crippen LogP contribution in [0.3, 0.4) is 0 Å². The molecular weight excluding hydrogens is 188 g/mol. The number of rotatable bonds is 0. The fourth-order valence-corrected chi connectivity index (χ4v) is 0.498. The van der Waals surface area contributed by atoms with Gasteiger partial charge in [-0.05, 0) is 6.92 Å². The van der Waals surface area contributed by atoms with E-state index in [1.165, 1.54) is 6.42 Å². The molecule has 0 aromatic carbocycles. The van der Waals surface area contributed by atoms with Gasteiger partial charge in [0.2, 0.25) is 0 Å². The third-order valence-electron chi connectivity index (χ3n) is 0.941. The number of H-pyrrole nitrogens is 1. The van der Waals surface area contributed by atoms with E-state index in [1.54, 1.807) is 0 Å². The van der Waals surface area contributed by atoms with E-state index < -0.39 is 0 Å². The molecule has 0 atom stereocenters. The summed E-state index contributed by atoms with van der Waals surface area (Å²) in [6, 6.07) is 0. The van der Waals surface area contributed by atoms with Crippen molar-refractivity contribution in [3.05, 3.63) is 5.69 Å². The smallest absolute Gasteiger partial charge is 0.199 e. The molecule has 92 valence electrons. The number of nitrogen functional groups attached to an aromatic ring is 2. The zero-order valence-corrected chi connectivity index (χ0v) is 11.3. The molecule has 0 saturated heterocycles. The third kappa shape index (κ3) is 12.8. The van der Waals surface area contributed by atoms with Gasteiger partial charge in [0.1, 0.15) is 5.82 Å². The summed E-state index contributed by atoms with van der Waals surface area (Å²) in [7, 11) is 0. The van der Waals surface area contributed by atoms with Gasteiger partial charge in [-0.3, -0.25) is 0 Å². The Labute approximate surface area is 94.5 Å². The number of hydrogen-bond donors (Lipinski definition) is 3. The Bertz CT molecular complexity index is 187. The molecule has 1 rings (SSSR count). The van der Waals surface area contributed by atoms with Crippen LogP contribution < -0.4 is 11.5 Å². The van der Waals surface area contributed by atoms with Crippen molar-refractivity contribution >= 4 is 11.8 Å². The highest BCUT2D eigenvalue weighted by Gasteiger charge is 1.95. The van der Waals surface area contributed by atoms with Crippen molar-refractivity contribution in [2.45, 2.75) is 54.9 Å². The number of hydrogen-bond acceptors (Lipinski definition) is 3. The van der Waals surface area contributed by atoms with Gasteiger partial charge >= 0.3 is 0 Å². The molecule has 1 aromatic rings. The van der Waals surface area contributed by atoms with Crippen LogP contribution >= 0.6 is 0 Å². The van der Waals surface area contributed by atoms with E-state index >= 15 is 0 Å². The van der Waals surface area contributed by atoms with Gasteiger partial charge < -0.3 is 16.5 Å². The number of anilines is 2. The molecule has 0 unspecified atom stereocenters. The summed E-state index contributed by atoms with van der Waals surface area (Å²) in [5, 5.41) is 0. The monoisotopic (exact) mass is 216 g/mol. The fraction of sp³-hybridized carbons (Fsp3) is 0.727. The summed E-state index contributed by atoms with van der Waals surface area (Å²) in [6.45, 7) is 14.1. The minimum Gasteiger partial charge on any atom is -0.382 e. The summed E-state index contributed by atoms with van der Waals surface area (Å²) >= 11 is 0. The highest BCUT2D eigenvalue weighted by atomic mass is 15.1. The van der Waals surface area contributed by atoms with Gasteiger partial charge in [0, 0.05) is 0 Å². The van der Waals surface area contributed by atoms with Gasteiger partial charge in [0.05, 0.1) is 5.69 Å². The Morgan fingerprint density at radius 2 is 1.40 bits per heavy atom. The summed E-state index contributed by atoms with van der Waals surface area (Å²) in [5.41, 5.74) is 11.4. The molecule has 0 radical (unpaired) electrons. The maximum absolute atomic E-state index is 5.32. The average molecular weight is 216 g/mol. The van der Waals surface area contributed by atoms with Gasteiger partial charge in [0.15, 0.2) is 5.95 Å². The van der Waals surface area contributed by atoms with Crippen LogP contribution in [0.5, 0.6) is 0 Å². The lowest BCUT2D eigenvalue weighted by Gasteiger charge is -1.79. The first kappa shape index (κ1) is 19.4. The van der Waals surface area contributed by atoms with E-state index in [0.29, 0.717) is 11.8 Å². The van der Waals surface area contributed by atoms with E-state index in [2.05, 4.69) is 23.8 Å². The highest BCUT2D eigenvalue weighted by molar-refractivity contribution is 5.40. The van der Waals surface area contributed by atoms with Gasteiger partial charge in [-0.2, -0.15) is 4.98 Å². The number of nitrogens with one attached hydrogen (secondary N) is 1. The minimum atomic E-state index is 0.375. The van der Waals surface area contributed by atoms with Crippen LogP contribution in [0, 0.1) is 6.92 Å². The van der Waals surface area contributed by atoms with Crippen molar-refractivity contribution in [1.82, 2.24) is 9.97 Å². The molecule has 0 spiro atoms.